The van der Waals surface area contributed by atoms with E-state index in [0.717, 1.165) is 11.3 Å². The van der Waals surface area contributed by atoms with Crippen LogP contribution in [0.4, 0.5) is 0 Å². The lowest BCUT2D eigenvalue weighted by atomic mass is 10.1. The van der Waals surface area contributed by atoms with Crippen LogP contribution < -0.4 is 0 Å². The Morgan fingerprint density at radius 2 is 1.91 bits per heavy atom. The Hall–Kier alpha value is -1.63. The van der Waals surface area contributed by atoms with Crippen LogP contribution in [0.2, 0.25) is 0 Å². The lowest BCUT2D eigenvalue weighted by molar-refractivity contribution is 0.796. The monoisotopic (exact) mass is 341 g/mol. The minimum absolute atomic E-state index is 0.976. The number of hydrogen-bond donors (Lipinski definition) is 0. The summed E-state index contributed by atoms with van der Waals surface area (Å²) in [7, 11) is 0. The number of unbranched alkanes of at least 4 members (excludes halogenated alkanes) is 1. The molecule has 0 atom stereocenters. The Bertz CT molecular complexity index is 616. The van der Waals surface area contributed by atoms with Crippen LogP contribution in [-0.2, 0) is 0 Å². The van der Waals surface area contributed by atoms with Crippen LogP contribution >= 0.6 is 23.5 Å². The number of rotatable bonds is 9. The van der Waals surface area contributed by atoms with Gasteiger partial charge in [0.05, 0.1) is 0 Å². The number of benzene rings is 1. The number of nitrogens with zero attached hydrogens (tertiary/aromatic N) is 1. The second-order valence-electron chi connectivity index (χ2n) is 4.85. The summed E-state index contributed by atoms with van der Waals surface area (Å²) in [6.45, 7) is 8.08. The largest absolute Gasteiger partial charge is 0.185 e. The molecule has 0 saturated heterocycles. The van der Waals surface area contributed by atoms with Crippen LogP contribution in [-0.4, -0.2) is 0 Å². The molecule has 0 N–H and O–H groups in total. The van der Waals surface area contributed by atoms with Gasteiger partial charge >= 0.3 is 0 Å². The Morgan fingerprint density at radius 3 is 2.48 bits per heavy atom. The van der Waals surface area contributed by atoms with Gasteiger partial charge in [-0.25, -0.2) is 0 Å². The van der Waals surface area contributed by atoms with Crippen LogP contribution in [0.15, 0.2) is 81.5 Å². The van der Waals surface area contributed by atoms with Crippen molar-refractivity contribution in [2.75, 3.05) is 0 Å². The number of thioether (sulfide) groups is 2. The highest BCUT2D eigenvalue weighted by molar-refractivity contribution is 8.04. The van der Waals surface area contributed by atoms with E-state index in [2.05, 4.69) is 49.3 Å². The van der Waals surface area contributed by atoms with Crippen LogP contribution in [0.3, 0.4) is 0 Å². The first-order chi connectivity index (χ1) is 11.2. The number of thiocyanates is 1. The van der Waals surface area contributed by atoms with E-state index >= 15 is 0 Å². The summed E-state index contributed by atoms with van der Waals surface area (Å²) in [4.78, 5) is 3.40. The normalized spacial score (nSPS) is 12.4. The van der Waals surface area contributed by atoms with E-state index in [1.54, 1.807) is 11.8 Å². The summed E-state index contributed by atoms with van der Waals surface area (Å²) >= 11 is 2.94. The van der Waals surface area contributed by atoms with Gasteiger partial charge in [0.15, 0.2) is 0 Å². The van der Waals surface area contributed by atoms with Gasteiger partial charge in [0.1, 0.15) is 5.40 Å². The van der Waals surface area contributed by atoms with Gasteiger partial charge in [-0.15, -0.1) is 0 Å². The van der Waals surface area contributed by atoms with Crippen molar-refractivity contribution >= 4 is 23.5 Å². The molecule has 1 nitrogen and oxygen atoms in total. The maximum absolute atomic E-state index is 8.72. The van der Waals surface area contributed by atoms with Gasteiger partial charge in [-0.2, -0.15) is 5.26 Å². The topological polar surface area (TPSA) is 23.8 Å². The predicted molar refractivity (Wildman–Crippen MR) is 104 cm³/mol. The molecule has 120 valence electrons. The van der Waals surface area contributed by atoms with Crippen LogP contribution in [0.5, 0.6) is 0 Å². The zero-order valence-electron chi connectivity index (χ0n) is 13.8. The van der Waals surface area contributed by atoms with E-state index in [9.17, 15) is 0 Å². The Morgan fingerprint density at radius 1 is 1.22 bits per heavy atom. The summed E-state index contributed by atoms with van der Waals surface area (Å²) in [5.74, 6) is 0. The molecule has 0 aliphatic carbocycles. The van der Waals surface area contributed by atoms with Gasteiger partial charge in [-0.1, -0.05) is 56.0 Å². The second-order valence-corrected chi connectivity index (χ2v) is 6.83. The first-order valence-corrected chi connectivity index (χ1v) is 9.37. The second kappa shape index (κ2) is 11.9. The Kier molecular flexibility index (Phi) is 10.0. The highest BCUT2D eigenvalue weighted by Crippen LogP contribution is 2.35. The maximum Gasteiger partial charge on any atom is 0.138 e. The van der Waals surface area contributed by atoms with E-state index in [4.69, 9.17) is 5.26 Å². The average Bonchev–Trinajstić information content (AvgIpc) is 2.57. The smallest absolute Gasteiger partial charge is 0.138 e. The molecule has 1 rings (SSSR count). The molecule has 1 aromatic rings. The highest BCUT2D eigenvalue weighted by Gasteiger charge is 2.07. The fraction of sp³-hybridized carbons (Fsp3) is 0.250. The first-order valence-electron chi connectivity index (χ1n) is 7.74. The molecule has 0 aliphatic rings. The molecule has 0 saturated carbocycles. The summed E-state index contributed by atoms with van der Waals surface area (Å²) < 4.78 is 0. The van der Waals surface area contributed by atoms with Crippen LogP contribution in [0.25, 0.3) is 0 Å². The van der Waals surface area contributed by atoms with Crippen molar-refractivity contribution in [3.05, 3.63) is 71.7 Å². The molecular formula is C20H23NS2. The van der Waals surface area contributed by atoms with Gasteiger partial charge in [-0.3, -0.25) is 0 Å². The molecule has 1 aromatic carbocycles. The third-order valence-electron chi connectivity index (χ3n) is 3.09. The summed E-state index contributed by atoms with van der Waals surface area (Å²) in [5.41, 5.74) is 1.32. The molecule has 0 fully saturated rings. The number of nitriles is 1. The minimum atomic E-state index is 0.976. The molecule has 0 aromatic heterocycles. The van der Waals surface area contributed by atoms with Crippen molar-refractivity contribution in [2.45, 2.75) is 42.9 Å². The molecule has 0 aliphatic heterocycles. The van der Waals surface area contributed by atoms with E-state index < -0.39 is 0 Å². The van der Waals surface area contributed by atoms with Gasteiger partial charge < -0.3 is 0 Å². The van der Waals surface area contributed by atoms with Crippen LogP contribution in [0, 0.1) is 10.7 Å². The van der Waals surface area contributed by atoms with E-state index in [0.29, 0.717) is 0 Å². The molecule has 0 spiro atoms. The fourth-order valence-electron chi connectivity index (χ4n) is 1.94. The number of allylic oxidation sites excluding steroid dienone is 6. The lowest BCUT2D eigenvalue weighted by Gasteiger charge is -2.11. The summed E-state index contributed by atoms with van der Waals surface area (Å²) in [6.07, 6.45) is 13.7. The van der Waals surface area contributed by atoms with Crippen molar-refractivity contribution in [2.24, 2.45) is 0 Å². The van der Waals surface area contributed by atoms with E-state index in [1.165, 1.54) is 40.0 Å². The van der Waals surface area contributed by atoms with Crippen molar-refractivity contribution < 1.29 is 0 Å². The molecule has 0 amide bonds. The molecule has 0 bridgehead atoms. The Labute approximate surface area is 148 Å². The first kappa shape index (κ1) is 19.4. The van der Waals surface area contributed by atoms with E-state index in [-0.39, 0.29) is 0 Å². The van der Waals surface area contributed by atoms with Gasteiger partial charge in [0, 0.05) is 14.7 Å². The van der Waals surface area contributed by atoms with Gasteiger partial charge in [-0.05, 0) is 67.4 Å². The SMILES string of the molecule is C=C/C=C(CCCC)/C(=C/C=C/C)Sc1ccc(SC#N)cc1. The van der Waals surface area contributed by atoms with Gasteiger partial charge in [0.2, 0.25) is 0 Å². The van der Waals surface area contributed by atoms with Crippen molar-refractivity contribution in [1.82, 2.24) is 0 Å². The van der Waals surface area contributed by atoms with Crippen molar-refractivity contribution in [3.8, 4) is 5.40 Å². The molecule has 0 radical (unpaired) electrons. The van der Waals surface area contributed by atoms with Crippen LogP contribution in [0.1, 0.15) is 33.1 Å². The van der Waals surface area contributed by atoms with Gasteiger partial charge in [0.25, 0.3) is 0 Å². The predicted octanol–water partition coefficient (Wildman–Crippen LogP) is 7.11. The maximum atomic E-state index is 8.72. The molecule has 23 heavy (non-hydrogen) atoms. The zero-order valence-corrected chi connectivity index (χ0v) is 15.4. The molecular weight excluding hydrogens is 318 g/mol. The molecule has 0 heterocycles. The third-order valence-corrected chi connectivity index (χ3v) is 4.82. The lowest BCUT2D eigenvalue weighted by Crippen LogP contribution is -1.88. The van der Waals surface area contributed by atoms with Crippen molar-refractivity contribution in [1.29, 1.82) is 5.26 Å². The molecule has 3 heteroatoms. The minimum Gasteiger partial charge on any atom is -0.185 e. The molecule has 0 unspecified atom stereocenters. The number of hydrogen-bond acceptors (Lipinski definition) is 3. The zero-order chi connectivity index (χ0) is 16.9. The average molecular weight is 342 g/mol. The standard InChI is InChI=1S/C20H23NS2/c1-4-7-10-17(9-6-3)20(11-8-5-2)23-19-14-12-18(13-15-19)22-16-21/h5-6,8-9,11-15H,3-4,7,10H2,1-2H3/b8-5+,17-9+,20-11-. The summed E-state index contributed by atoms with van der Waals surface area (Å²) in [5, 5.41) is 10.8. The fourth-order valence-corrected chi connectivity index (χ4v) is 3.30. The highest BCUT2D eigenvalue weighted by atomic mass is 32.2. The van der Waals surface area contributed by atoms with Crippen molar-refractivity contribution in [3.63, 3.8) is 0 Å². The Balaban J connectivity index is 2.99. The summed E-state index contributed by atoms with van der Waals surface area (Å²) in [6, 6.07) is 8.12. The third kappa shape index (κ3) is 7.45. The van der Waals surface area contributed by atoms with E-state index in [1.807, 2.05) is 31.2 Å². The quantitative estimate of drug-likeness (QED) is 0.271.